The molecule has 0 atom stereocenters. The van der Waals surface area contributed by atoms with Crippen molar-refractivity contribution in [2.45, 2.75) is 20.8 Å². The van der Waals surface area contributed by atoms with E-state index in [1.165, 1.54) is 5.56 Å². The summed E-state index contributed by atoms with van der Waals surface area (Å²) in [7, 11) is 0. The largest absolute Gasteiger partial charge is 0.324 e. The first-order valence-electron chi connectivity index (χ1n) is 5.29. The van der Waals surface area contributed by atoms with Crippen molar-refractivity contribution >= 4 is 11.6 Å². The molecule has 84 valence electrons. The second-order valence-corrected chi connectivity index (χ2v) is 3.97. The number of nitrogens with zero attached hydrogens (tertiary/aromatic N) is 2. The zero-order chi connectivity index (χ0) is 11.5. The van der Waals surface area contributed by atoms with E-state index >= 15 is 0 Å². The van der Waals surface area contributed by atoms with Gasteiger partial charge in [-0.25, -0.2) is 9.97 Å². The minimum absolute atomic E-state index is 0. The Balaban J connectivity index is 0.00000144. The summed E-state index contributed by atoms with van der Waals surface area (Å²) >= 11 is 0. The summed E-state index contributed by atoms with van der Waals surface area (Å²) in [5.74, 6) is 0.656. The van der Waals surface area contributed by atoms with Crippen LogP contribution >= 0.6 is 0 Å². The fourth-order valence-electron chi connectivity index (χ4n) is 1.63. The molecule has 0 saturated carbocycles. The minimum Gasteiger partial charge on any atom is -0.324 e. The summed E-state index contributed by atoms with van der Waals surface area (Å²) in [4.78, 5) is 8.67. The Morgan fingerprint density at radius 2 is 1.69 bits per heavy atom. The highest BCUT2D eigenvalue weighted by Gasteiger charge is 1.99. The Hall–Kier alpha value is -1.90. The highest BCUT2D eigenvalue weighted by atomic mass is 15.1. The molecule has 0 fully saturated rings. The van der Waals surface area contributed by atoms with Crippen molar-refractivity contribution in [2.75, 3.05) is 5.32 Å². The highest BCUT2D eigenvalue weighted by Crippen LogP contribution is 2.14. The molecule has 0 spiro atoms. The van der Waals surface area contributed by atoms with Gasteiger partial charge < -0.3 is 5.32 Å². The van der Waals surface area contributed by atoms with E-state index in [9.17, 15) is 0 Å². The van der Waals surface area contributed by atoms with Gasteiger partial charge in [-0.3, -0.25) is 0 Å². The summed E-state index contributed by atoms with van der Waals surface area (Å²) in [6, 6.07) is 10.1. The van der Waals surface area contributed by atoms with Gasteiger partial charge in [-0.05, 0) is 44.5 Å². The van der Waals surface area contributed by atoms with E-state index < -0.39 is 0 Å². The van der Waals surface area contributed by atoms with Crippen molar-refractivity contribution in [3.63, 3.8) is 0 Å². The lowest BCUT2D eigenvalue weighted by molar-refractivity contribution is 1.06. The lowest BCUT2D eigenvalue weighted by Gasteiger charge is -2.06. The molecule has 3 nitrogen and oxygen atoms in total. The summed E-state index contributed by atoms with van der Waals surface area (Å²) in [5, 5.41) is 3.20. The molecule has 0 radical (unpaired) electrons. The molecule has 3 heteroatoms. The smallest absolute Gasteiger partial charge is 0.227 e. The van der Waals surface area contributed by atoms with Crippen LogP contribution in [0.2, 0.25) is 0 Å². The summed E-state index contributed by atoms with van der Waals surface area (Å²) < 4.78 is 0. The quantitative estimate of drug-likeness (QED) is 0.834. The number of aryl methyl sites for hydroxylation is 3. The fraction of sp³-hybridized carbons (Fsp3) is 0.231. The Bertz CT molecular complexity index is 492. The van der Waals surface area contributed by atoms with Gasteiger partial charge in [0.05, 0.1) is 0 Å². The van der Waals surface area contributed by atoms with Crippen molar-refractivity contribution in [3.8, 4) is 0 Å². The number of anilines is 2. The van der Waals surface area contributed by atoms with E-state index in [1.54, 1.807) is 0 Å². The third kappa shape index (κ3) is 2.57. The Labute approximate surface area is 97.1 Å². The lowest BCUT2D eigenvalue weighted by atomic mass is 10.2. The molecule has 0 aliphatic heterocycles. The van der Waals surface area contributed by atoms with E-state index in [0.717, 1.165) is 17.1 Å². The highest BCUT2D eigenvalue weighted by molar-refractivity contribution is 5.54. The van der Waals surface area contributed by atoms with Crippen LogP contribution in [-0.4, -0.2) is 9.97 Å². The van der Waals surface area contributed by atoms with Crippen molar-refractivity contribution in [2.24, 2.45) is 0 Å². The van der Waals surface area contributed by atoms with Gasteiger partial charge >= 0.3 is 0 Å². The first kappa shape index (κ1) is 10.6. The van der Waals surface area contributed by atoms with Gasteiger partial charge in [-0.2, -0.15) is 0 Å². The van der Waals surface area contributed by atoms with Crippen LogP contribution in [0.3, 0.4) is 0 Å². The summed E-state index contributed by atoms with van der Waals surface area (Å²) in [6.07, 6.45) is 0. The maximum atomic E-state index is 4.34. The van der Waals surface area contributed by atoms with Crippen LogP contribution in [0.25, 0.3) is 0 Å². The predicted molar refractivity (Wildman–Crippen MR) is 68.1 cm³/mol. The fourth-order valence-corrected chi connectivity index (χ4v) is 1.63. The van der Waals surface area contributed by atoms with Crippen molar-refractivity contribution in [3.05, 3.63) is 47.3 Å². The number of hydrogen-bond donors (Lipinski definition) is 1. The second-order valence-electron chi connectivity index (χ2n) is 3.97. The van der Waals surface area contributed by atoms with Crippen LogP contribution in [-0.2, 0) is 0 Å². The van der Waals surface area contributed by atoms with E-state index in [-0.39, 0.29) is 1.43 Å². The topological polar surface area (TPSA) is 37.8 Å². The van der Waals surface area contributed by atoms with Crippen LogP contribution < -0.4 is 5.32 Å². The predicted octanol–water partition coefficient (Wildman–Crippen LogP) is 3.39. The molecular formula is C13H17N3. The van der Waals surface area contributed by atoms with Gasteiger partial charge in [0, 0.05) is 18.5 Å². The van der Waals surface area contributed by atoms with Crippen LogP contribution in [0.1, 0.15) is 18.4 Å². The Kier molecular flexibility index (Phi) is 2.86. The number of hydrogen-bond acceptors (Lipinski definition) is 3. The molecule has 1 aromatic carbocycles. The average molecular weight is 215 g/mol. The molecule has 1 heterocycles. The van der Waals surface area contributed by atoms with Gasteiger partial charge in [0.1, 0.15) is 0 Å². The molecule has 1 N–H and O–H groups in total. The Morgan fingerprint density at radius 1 is 1.00 bits per heavy atom. The number of nitrogens with one attached hydrogen (secondary N) is 1. The molecule has 0 bridgehead atoms. The zero-order valence-electron chi connectivity index (χ0n) is 9.78. The molecule has 0 saturated heterocycles. The molecule has 1 aromatic heterocycles. The monoisotopic (exact) mass is 215 g/mol. The molecule has 0 amide bonds. The standard InChI is InChI=1S/C13H15N3.H2/c1-9-5-4-6-12(7-9)16-13-14-10(2)8-11(3)15-13;/h4-8H,1-3H3,(H,14,15,16);1H. The first-order valence-corrected chi connectivity index (χ1v) is 5.29. The second kappa shape index (κ2) is 4.31. The number of rotatable bonds is 2. The molecule has 0 unspecified atom stereocenters. The molecule has 2 aromatic rings. The maximum absolute atomic E-state index is 4.34. The average Bonchev–Trinajstić information content (AvgIpc) is 2.15. The van der Waals surface area contributed by atoms with Gasteiger partial charge in [0.25, 0.3) is 0 Å². The van der Waals surface area contributed by atoms with E-state index in [4.69, 9.17) is 0 Å². The van der Waals surface area contributed by atoms with Crippen molar-refractivity contribution < 1.29 is 1.43 Å². The number of benzene rings is 1. The van der Waals surface area contributed by atoms with Crippen molar-refractivity contribution in [1.29, 1.82) is 0 Å². The van der Waals surface area contributed by atoms with Crippen LogP contribution in [0.5, 0.6) is 0 Å². The normalized spacial score (nSPS) is 10.2. The van der Waals surface area contributed by atoms with E-state index in [2.05, 4.69) is 34.3 Å². The van der Waals surface area contributed by atoms with Gasteiger partial charge in [0.2, 0.25) is 5.95 Å². The van der Waals surface area contributed by atoms with Gasteiger partial charge in [-0.1, -0.05) is 12.1 Å². The summed E-state index contributed by atoms with van der Waals surface area (Å²) in [5.41, 5.74) is 4.18. The third-order valence-electron chi connectivity index (χ3n) is 2.26. The lowest BCUT2D eigenvalue weighted by Crippen LogP contribution is -1.99. The number of aromatic nitrogens is 2. The van der Waals surface area contributed by atoms with E-state index in [0.29, 0.717) is 5.95 Å². The van der Waals surface area contributed by atoms with Crippen LogP contribution in [0.4, 0.5) is 11.6 Å². The van der Waals surface area contributed by atoms with Crippen LogP contribution in [0.15, 0.2) is 30.3 Å². The Morgan fingerprint density at radius 3 is 2.31 bits per heavy atom. The first-order chi connectivity index (χ1) is 7.63. The van der Waals surface area contributed by atoms with Crippen molar-refractivity contribution in [1.82, 2.24) is 9.97 Å². The van der Waals surface area contributed by atoms with E-state index in [1.807, 2.05) is 32.0 Å². The SMILES string of the molecule is Cc1cccc(Nc2nc(C)cc(C)n2)c1.[HH]. The third-order valence-corrected chi connectivity index (χ3v) is 2.26. The van der Waals surface area contributed by atoms with Crippen LogP contribution in [0, 0.1) is 20.8 Å². The molecule has 0 aliphatic rings. The molecular weight excluding hydrogens is 198 g/mol. The minimum atomic E-state index is 0. The van der Waals surface area contributed by atoms with Gasteiger partial charge in [0.15, 0.2) is 0 Å². The molecule has 2 rings (SSSR count). The molecule has 0 aliphatic carbocycles. The zero-order valence-corrected chi connectivity index (χ0v) is 9.78. The maximum Gasteiger partial charge on any atom is 0.227 e. The molecule has 16 heavy (non-hydrogen) atoms. The summed E-state index contributed by atoms with van der Waals surface area (Å²) in [6.45, 7) is 6.00. The van der Waals surface area contributed by atoms with Gasteiger partial charge in [-0.15, -0.1) is 0 Å².